The van der Waals surface area contributed by atoms with Crippen molar-refractivity contribution in [3.63, 3.8) is 0 Å². The highest BCUT2D eigenvalue weighted by Gasteiger charge is 2.39. The zero-order chi connectivity index (χ0) is 17.3. The van der Waals surface area contributed by atoms with E-state index in [4.69, 9.17) is 13.3 Å². The molecule has 0 saturated heterocycles. The highest BCUT2D eigenvalue weighted by molar-refractivity contribution is 6.60. The maximum Gasteiger partial charge on any atom is 0.500 e. The van der Waals surface area contributed by atoms with E-state index < -0.39 is 8.80 Å². The molecule has 0 amide bonds. The molecule has 1 heterocycles. The molecular formula is C18H36N2O3Si. The molecule has 0 aromatic rings. The molecule has 5 nitrogen and oxygen atoms in total. The molecule has 0 aromatic carbocycles. The smallest absolute Gasteiger partial charge is 0.374 e. The Morgan fingerprint density at radius 3 is 2.12 bits per heavy atom. The first-order valence-corrected chi connectivity index (χ1v) is 11.8. The first-order chi connectivity index (χ1) is 11.7. The third kappa shape index (κ3) is 5.76. The molecule has 0 spiro atoms. The van der Waals surface area contributed by atoms with Crippen molar-refractivity contribution >= 4 is 8.80 Å². The van der Waals surface area contributed by atoms with Crippen molar-refractivity contribution in [1.29, 1.82) is 0 Å². The van der Waals surface area contributed by atoms with Gasteiger partial charge in [-0.1, -0.05) is 19.3 Å². The summed E-state index contributed by atoms with van der Waals surface area (Å²) in [5.74, 6) is 0. The Bertz CT molecular complexity index is 358. The molecule has 1 saturated carbocycles. The maximum absolute atomic E-state index is 5.94. The largest absolute Gasteiger partial charge is 0.500 e. The van der Waals surface area contributed by atoms with Gasteiger partial charge in [0, 0.05) is 50.9 Å². The summed E-state index contributed by atoms with van der Waals surface area (Å²) in [4.78, 5) is 4.94. The van der Waals surface area contributed by atoms with Crippen LogP contribution in [0.1, 0.15) is 59.3 Å². The van der Waals surface area contributed by atoms with Gasteiger partial charge < -0.3 is 23.1 Å². The quantitative estimate of drug-likeness (QED) is 0.526. The summed E-state index contributed by atoms with van der Waals surface area (Å²) >= 11 is 0. The van der Waals surface area contributed by atoms with Gasteiger partial charge in [-0.15, -0.1) is 0 Å². The van der Waals surface area contributed by atoms with Gasteiger partial charge in [-0.2, -0.15) is 0 Å². The Kier molecular flexibility index (Phi) is 8.59. The molecule has 6 heteroatoms. The van der Waals surface area contributed by atoms with Gasteiger partial charge in [0.25, 0.3) is 0 Å². The average molecular weight is 357 g/mol. The third-order valence-corrected chi connectivity index (χ3v) is 8.03. The first kappa shape index (κ1) is 19.8. The van der Waals surface area contributed by atoms with Crippen LogP contribution in [0.25, 0.3) is 0 Å². The van der Waals surface area contributed by atoms with Crippen molar-refractivity contribution in [2.75, 3.05) is 33.0 Å². The predicted octanol–water partition coefficient (Wildman–Crippen LogP) is 3.80. The van der Waals surface area contributed by atoms with Crippen molar-refractivity contribution in [2.24, 2.45) is 0 Å². The van der Waals surface area contributed by atoms with E-state index in [1.807, 2.05) is 20.8 Å². The summed E-state index contributed by atoms with van der Waals surface area (Å²) in [6, 6.07) is 1.65. The predicted molar refractivity (Wildman–Crippen MR) is 99.5 cm³/mol. The van der Waals surface area contributed by atoms with Crippen LogP contribution in [-0.4, -0.2) is 57.7 Å². The molecule has 1 aliphatic heterocycles. The average Bonchev–Trinajstić information content (AvgIpc) is 3.05. The summed E-state index contributed by atoms with van der Waals surface area (Å²) in [5.41, 5.74) is 0. The first-order valence-electron chi connectivity index (χ1n) is 9.83. The van der Waals surface area contributed by atoms with E-state index in [2.05, 4.69) is 22.2 Å². The van der Waals surface area contributed by atoms with Crippen molar-refractivity contribution in [2.45, 2.75) is 71.4 Å². The molecule has 0 radical (unpaired) electrons. The summed E-state index contributed by atoms with van der Waals surface area (Å²) < 4.78 is 17.8. The molecular weight excluding hydrogens is 320 g/mol. The fraction of sp³-hybridized carbons (Fsp3) is 0.889. The molecule has 0 N–H and O–H groups in total. The van der Waals surface area contributed by atoms with E-state index in [9.17, 15) is 0 Å². The lowest BCUT2D eigenvalue weighted by molar-refractivity contribution is 0.0699. The molecule has 140 valence electrons. The highest BCUT2D eigenvalue weighted by Crippen LogP contribution is 2.25. The van der Waals surface area contributed by atoms with Gasteiger partial charge in [0.2, 0.25) is 0 Å². The van der Waals surface area contributed by atoms with E-state index >= 15 is 0 Å². The van der Waals surface area contributed by atoms with E-state index in [0.29, 0.717) is 19.8 Å². The van der Waals surface area contributed by atoms with Crippen LogP contribution in [-0.2, 0) is 13.3 Å². The van der Waals surface area contributed by atoms with Gasteiger partial charge in [-0.25, -0.2) is 0 Å². The van der Waals surface area contributed by atoms with Crippen molar-refractivity contribution in [3.05, 3.63) is 12.4 Å². The molecule has 0 atom stereocenters. The van der Waals surface area contributed by atoms with Crippen LogP contribution in [0.2, 0.25) is 6.04 Å². The van der Waals surface area contributed by atoms with Crippen LogP contribution < -0.4 is 0 Å². The van der Waals surface area contributed by atoms with Crippen molar-refractivity contribution < 1.29 is 13.3 Å². The van der Waals surface area contributed by atoms with E-state index in [0.717, 1.165) is 31.7 Å². The number of hydrogen-bond acceptors (Lipinski definition) is 5. The highest BCUT2D eigenvalue weighted by atomic mass is 28.4. The van der Waals surface area contributed by atoms with Crippen molar-refractivity contribution in [1.82, 2.24) is 9.80 Å². The van der Waals surface area contributed by atoms with Crippen LogP contribution in [0.3, 0.4) is 0 Å². The van der Waals surface area contributed by atoms with E-state index in [1.165, 1.54) is 32.1 Å². The Morgan fingerprint density at radius 1 is 0.917 bits per heavy atom. The lowest BCUT2D eigenvalue weighted by atomic mass is 9.95. The molecule has 1 fully saturated rings. The van der Waals surface area contributed by atoms with Crippen LogP contribution in [0.15, 0.2) is 12.4 Å². The van der Waals surface area contributed by atoms with Crippen LogP contribution in [0.4, 0.5) is 0 Å². The van der Waals surface area contributed by atoms with Crippen molar-refractivity contribution in [3.8, 4) is 0 Å². The van der Waals surface area contributed by atoms with Crippen LogP contribution in [0.5, 0.6) is 0 Å². The molecule has 0 aromatic heterocycles. The molecule has 2 rings (SSSR count). The number of nitrogens with zero attached hydrogens (tertiary/aromatic N) is 2. The van der Waals surface area contributed by atoms with Gasteiger partial charge in [0.05, 0.1) is 6.67 Å². The molecule has 0 bridgehead atoms. The molecule has 24 heavy (non-hydrogen) atoms. The summed E-state index contributed by atoms with van der Waals surface area (Å²) in [5, 5.41) is 0. The minimum atomic E-state index is -2.48. The van der Waals surface area contributed by atoms with Gasteiger partial charge in [-0.3, -0.25) is 0 Å². The number of hydrogen-bond donors (Lipinski definition) is 0. The summed E-state index contributed by atoms with van der Waals surface area (Å²) in [7, 11) is -2.48. The minimum Gasteiger partial charge on any atom is -0.374 e. The minimum absolute atomic E-state index is 0.658. The number of rotatable bonds is 11. The topological polar surface area (TPSA) is 34.2 Å². The standard InChI is InChI=1S/C18H36N2O3Si/c1-4-21-24(22-5-2,23-6-3)16-10-13-19-14-15-20(17-19)18-11-8-7-9-12-18/h14-15,18H,4-13,16-17H2,1-3H3. The van der Waals surface area contributed by atoms with E-state index in [-0.39, 0.29) is 0 Å². The van der Waals surface area contributed by atoms with Crippen LogP contribution >= 0.6 is 0 Å². The Labute approximate surface area is 149 Å². The summed E-state index contributed by atoms with van der Waals surface area (Å²) in [6.07, 6.45) is 12.5. The molecule has 2 aliphatic rings. The zero-order valence-corrected chi connectivity index (χ0v) is 16.8. The fourth-order valence-corrected chi connectivity index (χ4v) is 6.37. The van der Waals surface area contributed by atoms with Crippen LogP contribution in [0, 0.1) is 0 Å². The lowest BCUT2D eigenvalue weighted by Crippen LogP contribution is -2.46. The van der Waals surface area contributed by atoms with Gasteiger partial charge in [-0.05, 0) is 40.0 Å². The second-order valence-corrected chi connectivity index (χ2v) is 9.38. The Hall–Kier alpha value is -0.563. The monoisotopic (exact) mass is 356 g/mol. The van der Waals surface area contributed by atoms with E-state index in [1.54, 1.807) is 0 Å². The fourth-order valence-electron chi connectivity index (χ4n) is 3.78. The summed E-state index contributed by atoms with van der Waals surface area (Å²) in [6.45, 7) is 10.1. The normalized spacial score (nSPS) is 19.5. The van der Waals surface area contributed by atoms with Gasteiger partial charge in [0.15, 0.2) is 0 Å². The second kappa shape index (κ2) is 10.4. The Balaban J connectivity index is 1.75. The SMILES string of the molecule is CCO[Si](CCCN1C=CN(C2CCCCC2)C1)(OCC)OCC. The van der Waals surface area contributed by atoms with Gasteiger partial charge in [0.1, 0.15) is 0 Å². The lowest BCUT2D eigenvalue weighted by Gasteiger charge is -2.32. The maximum atomic E-state index is 5.94. The molecule has 1 aliphatic carbocycles. The third-order valence-electron chi connectivity index (χ3n) is 4.88. The zero-order valence-electron chi connectivity index (χ0n) is 15.8. The Morgan fingerprint density at radius 2 is 1.54 bits per heavy atom. The van der Waals surface area contributed by atoms with Gasteiger partial charge >= 0.3 is 8.80 Å². The molecule has 0 unspecified atom stereocenters. The second-order valence-electron chi connectivity index (χ2n) is 6.64.